The third-order valence-electron chi connectivity index (χ3n) is 10.8. The minimum atomic E-state index is -0.470. The Morgan fingerprint density at radius 2 is 1.24 bits per heavy atom. The van der Waals surface area contributed by atoms with Crippen LogP contribution in [0.15, 0.2) is 32.4 Å². The van der Waals surface area contributed by atoms with Crippen LogP contribution in [-0.4, -0.2) is 52.5 Å². The normalized spacial score (nSPS) is 28.8. The van der Waals surface area contributed by atoms with Crippen LogP contribution >= 0.6 is 102 Å². The van der Waals surface area contributed by atoms with Gasteiger partial charge in [0.15, 0.2) is 0 Å². The number of amides is 1. The summed E-state index contributed by atoms with van der Waals surface area (Å²) in [7, 11) is 0. The van der Waals surface area contributed by atoms with Crippen LogP contribution in [0.3, 0.4) is 0 Å². The molecule has 16 heteroatoms. The van der Waals surface area contributed by atoms with E-state index in [1.807, 2.05) is 38.1 Å². The number of nitrogens with zero attached hydrogens (tertiary/aromatic N) is 4. The van der Waals surface area contributed by atoms with Crippen molar-refractivity contribution in [3.8, 4) is 0 Å². The van der Waals surface area contributed by atoms with Crippen LogP contribution in [0.2, 0.25) is 0 Å². The number of halogens is 3. The summed E-state index contributed by atoms with van der Waals surface area (Å²) in [4.78, 5) is 37.6. The Morgan fingerprint density at radius 3 is 1.66 bits per heavy atom. The fraction of sp³-hybridized carbons (Fsp3) is 0.706. The van der Waals surface area contributed by atoms with Gasteiger partial charge in [-0.3, -0.25) is 4.90 Å². The van der Waals surface area contributed by atoms with Crippen molar-refractivity contribution in [2.24, 2.45) is 23.7 Å². The molecule has 2 aliphatic heterocycles. The fourth-order valence-corrected chi connectivity index (χ4v) is 9.60. The first-order valence-electron chi connectivity index (χ1n) is 17.1. The molecule has 2 saturated heterocycles. The Bertz CT molecular complexity index is 1480. The van der Waals surface area contributed by atoms with Crippen molar-refractivity contribution < 1.29 is 9.53 Å². The molecule has 284 valence electrons. The van der Waals surface area contributed by atoms with E-state index in [1.165, 1.54) is 50.8 Å². The van der Waals surface area contributed by atoms with Crippen LogP contribution < -0.4 is 0 Å². The van der Waals surface area contributed by atoms with Gasteiger partial charge in [-0.2, -0.15) is 54.0 Å². The number of hydrogen-bond acceptors (Lipinski definition) is 5. The second-order valence-corrected chi connectivity index (χ2v) is 17.6. The predicted molar refractivity (Wildman–Crippen MR) is 231 cm³/mol. The van der Waals surface area contributed by atoms with Gasteiger partial charge in [0, 0.05) is 17.9 Å². The zero-order valence-electron chi connectivity index (χ0n) is 29.4. The summed E-state index contributed by atoms with van der Waals surface area (Å²) in [6, 6.07) is 0.289. The van der Waals surface area contributed by atoms with Crippen molar-refractivity contribution in [2.75, 3.05) is 0 Å². The third kappa shape index (κ3) is 11.1. The maximum Gasteiger partial charge on any atom is 0.411 e. The highest BCUT2D eigenvalue weighted by Gasteiger charge is 2.47. The van der Waals surface area contributed by atoms with Gasteiger partial charge in [0.2, 0.25) is 0 Å². The van der Waals surface area contributed by atoms with Gasteiger partial charge in [-0.1, -0.05) is 19.8 Å². The van der Waals surface area contributed by atoms with Crippen LogP contribution in [0.4, 0.5) is 4.79 Å². The molecule has 4 saturated carbocycles. The number of carbonyl (C=O) groups excluding carboxylic acids is 1. The zero-order valence-corrected chi connectivity index (χ0v) is 38.1. The topological polar surface area (TPSA) is 116 Å². The first-order valence-corrected chi connectivity index (χ1v) is 19.5. The second-order valence-electron chi connectivity index (χ2n) is 15.0. The first-order chi connectivity index (χ1) is 21.9. The number of piperidine rings is 2. The van der Waals surface area contributed by atoms with E-state index in [0.717, 1.165) is 74.8 Å². The molecule has 6 aliphatic rings. The number of imidazole rings is 3. The van der Waals surface area contributed by atoms with Crippen molar-refractivity contribution >= 4 is 108 Å². The molecule has 9 rings (SSSR count). The molecule has 1 amide bonds. The van der Waals surface area contributed by atoms with E-state index in [-0.39, 0.29) is 72.2 Å². The molecule has 9 nitrogen and oxygen atoms in total. The molecule has 5 heterocycles. The highest BCUT2D eigenvalue weighted by atomic mass is 79.9. The van der Waals surface area contributed by atoms with Gasteiger partial charge in [0.1, 0.15) is 36.9 Å². The van der Waals surface area contributed by atoms with Crippen molar-refractivity contribution in [3.05, 3.63) is 49.9 Å². The van der Waals surface area contributed by atoms with Crippen LogP contribution in [0.25, 0.3) is 0 Å². The summed E-state index contributed by atoms with van der Waals surface area (Å²) in [6.07, 6.45) is 19.4. The van der Waals surface area contributed by atoms with Crippen LogP contribution in [-0.2, 0) is 4.74 Å². The van der Waals surface area contributed by atoms with Gasteiger partial charge in [0.05, 0.1) is 24.6 Å². The van der Waals surface area contributed by atoms with Gasteiger partial charge in [-0.25, -0.2) is 19.7 Å². The summed E-state index contributed by atoms with van der Waals surface area (Å²) in [5, 5.41) is 0. The number of aromatic nitrogens is 6. The molecule has 4 bridgehead atoms. The molecular formula is C34H56Br3N7O2S4. The highest BCUT2D eigenvalue weighted by molar-refractivity contribution is 9.11. The van der Waals surface area contributed by atoms with E-state index < -0.39 is 5.60 Å². The number of hydrogen-bond donors (Lipinski definition) is 3. The van der Waals surface area contributed by atoms with E-state index in [4.69, 9.17) is 4.74 Å². The molecule has 50 heavy (non-hydrogen) atoms. The van der Waals surface area contributed by atoms with Gasteiger partial charge >= 0.3 is 6.09 Å². The number of aromatic amines is 3. The number of fused-ring (bicyclic) bond motifs is 5. The van der Waals surface area contributed by atoms with Crippen LogP contribution in [0.5, 0.6) is 0 Å². The second kappa shape index (κ2) is 19.9. The Labute approximate surface area is 350 Å². The largest absolute Gasteiger partial charge is 0.444 e. The summed E-state index contributed by atoms with van der Waals surface area (Å²) in [6.45, 7) is 8.04. The Morgan fingerprint density at radius 1 is 0.720 bits per heavy atom. The smallest absolute Gasteiger partial charge is 0.411 e. The number of H-pyrrole nitrogens is 3. The lowest BCUT2D eigenvalue weighted by atomic mass is 9.74. The molecule has 0 spiro atoms. The molecule has 3 N–H and O–H groups in total. The maximum absolute atomic E-state index is 12.6. The molecular weight excluding hydrogens is 906 g/mol. The van der Waals surface area contributed by atoms with Gasteiger partial charge in [-0.15, -0.1) is 0 Å². The number of carbonyl (C=O) groups is 1. The monoisotopic (exact) mass is 959 g/mol. The third-order valence-corrected chi connectivity index (χ3v) is 12.0. The van der Waals surface area contributed by atoms with E-state index >= 15 is 0 Å². The molecule has 3 aromatic rings. The lowest BCUT2D eigenvalue weighted by Crippen LogP contribution is -2.54. The van der Waals surface area contributed by atoms with Gasteiger partial charge < -0.3 is 19.7 Å². The predicted octanol–water partition coefficient (Wildman–Crippen LogP) is 10.6. The summed E-state index contributed by atoms with van der Waals surface area (Å²) >= 11 is 10.2. The van der Waals surface area contributed by atoms with Crippen molar-refractivity contribution in [1.29, 1.82) is 0 Å². The van der Waals surface area contributed by atoms with Crippen molar-refractivity contribution in [3.63, 3.8) is 0 Å². The van der Waals surface area contributed by atoms with Crippen LogP contribution in [0, 0.1) is 23.7 Å². The summed E-state index contributed by atoms with van der Waals surface area (Å²) in [5.74, 6) is 7.81. The summed E-state index contributed by atoms with van der Waals surface area (Å²) < 4.78 is 8.49. The van der Waals surface area contributed by atoms with Gasteiger partial charge in [-0.05, 0) is 150 Å². The molecule has 4 aliphatic carbocycles. The standard InChI is InChI=1S/C15H22BrN3O2.C10H13BrN2.C9H13BrN2.4H2S/c1-15(2,3)21-14(20)19-10-6-4-9(5-7-10)12(19)13-17-8-11(16)18-13;11-9-5-12-10(13-9)8-4-6-1-2-7(8)3-6;1-6-3-2-4-7(6)9-11-5-8(10)12-9;;;;/h8-10,12H,4-7H2,1-3H3,(H,17,18);5-8H,1-4H2,(H,12,13);5-7H,2-4H2,1H3,(H,11,12);4*1H2/t;6?,7?,8-;6-,7-;;;;/m.00..../s1. The average molecular weight is 963 g/mol. The fourth-order valence-electron chi connectivity index (χ4n) is 8.68. The molecule has 6 fully saturated rings. The number of rotatable bonds is 3. The molecule has 6 atom stereocenters. The minimum Gasteiger partial charge on any atom is -0.444 e. The van der Waals surface area contributed by atoms with E-state index in [1.54, 1.807) is 6.20 Å². The van der Waals surface area contributed by atoms with E-state index in [2.05, 4.69) is 84.6 Å². The lowest BCUT2D eigenvalue weighted by Gasteiger charge is -2.50. The zero-order chi connectivity index (χ0) is 32.6. The number of nitrogens with one attached hydrogen (secondary N) is 3. The van der Waals surface area contributed by atoms with Crippen LogP contribution in [0.1, 0.15) is 134 Å². The SMILES string of the molecule is Brc1cnc([C@H]2CC3CCC2C3)[nH]1.CC(C)(C)OC(=O)N1C2CCC(CC2)C1c1ncc(Br)[nH]1.C[C@H]1CCC[C@@H]1c1ncc(Br)[nH]1.S.S.S.S. The number of ether oxygens (including phenoxy) is 1. The Balaban J connectivity index is 0.000000262. The maximum atomic E-state index is 12.6. The Kier molecular flexibility index (Phi) is 18.3. The highest BCUT2D eigenvalue weighted by Crippen LogP contribution is 2.52. The average Bonchev–Trinajstić information content (AvgIpc) is 3.86. The first kappa shape index (κ1) is 45.9. The van der Waals surface area contributed by atoms with Gasteiger partial charge in [0.25, 0.3) is 0 Å². The molecule has 0 aromatic carbocycles. The van der Waals surface area contributed by atoms with Crippen molar-refractivity contribution in [1.82, 2.24) is 34.8 Å². The quantitative estimate of drug-likeness (QED) is 0.242. The molecule has 3 unspecified atom stereocenters. The Hall–Kier alpha value is -0.260. The van der Waals surface area contributed by atoms with E-state index in [0.29, 0.717) is 11.8 Å². The molecule has 3 aromatic heterocycles. The summed E-state index contributed by atoms with van der Waals surface area (Å²) in [5.41, 5.74) is -0.470. The van der Waals surface area contributed by atoms with E-state index in [9.17, 15) is 4.79 Å². The lowest BCUT2D eigenvalue weighted by molar-refractivity contribution is -0.0440. The minimum absolute atomic E-state index is 0. The molecule has 0 radical (unpaired) electrons. The van der Waals surface area contributed by atoms with Crippen molar-refractivity contribution in [2.45, 2.75) is 128 Å².